The number of piperidine rings is 1. The van der Waals surface area contributed by atoms with E-state index in [1.54, 1.807) is 0 Å². The summed E-state index contributed by atoms with van der Waals surface area (Å²) in [5.41, 5.74) is 0. The third kappa shape index (κ3) is 6.23. The number of hydrogen-bond acceptors (Lipinski definition) is 3. The SMILES string of the molecule is O=C(COCCC1CCCNC1)NC1CCCCCC1. The third-order valence-electron chi connectivity index (χ3n) is 4.52. The largest absolute Gasteiger partial charge is 0.372 e. The van der Waals surface area contributed by atoms with E-state index in [0.29, 0.717) is 12.6 Å². The number of hydrogen-bond donors (Lipinski definition) is 2. The number of carbonyl (C=O) groups excluding carboxylic acids is 1. The summed E-state index contributed by atoms with van der Waals surface area (Å²) in [6, 6.07) is 0.385. The highest BCUT2D eigenvalue weighted by atomic mass is 16.5. The standard InChI is InChI=1S/C16H30N2O2/c19-16(18-15-7-3-1-2-4-8-15)13-20-11-9-14-6-5-10-17-12-14/h14-15,17H,1-13H2,(H,18,19). The predicted octanol–water partition coefficient (Wildman–Crippen LogP) is 2.23. The first-order valence-electron chi connectivity index (χ1n) is 8.42. The monoisotopic (exact) mass is 282 g/mol. The van der Waals surface area contributed by atoms with Crippen molar-refractivity contribution in [1.29, 1.82) is 0 Å². The van der Waals surface area contributed by atoms with Crippen molar-refractivity contribution in [2.75, 3.05) is 26.3 Å². The zero-order valence-corrected chi connectivity index (χ0v) is 12.7. The van der Waals surface area contributed by atoms with Crippen molar-refractivity contribution < 1.29 is 9.53 Å². The van der Waals surface area contributed by atoms with E-state index in [1.807, 2.05) is 0 Å². The second-order valence-electron chi connectivity index (χ2n) is 6.31. The van der Waals surface area contributed by atoms with Crippen LogP contribution in [0.5, 0.6) is 0 Å². The Hall–Kier alpha value is -0.610. The number of rotatable bonds is 6. The van der Waals surface area contributed by atoms with E-state index in [9.17, 15) is 4.79 Å². The quantitative estimate of drug-likeness (QED) is 0.580. The van der Waals surface area contributed by atoms with Crippen LogP contribution in [-0.2, 0) is 9.53 Å². The molecule has 2 rings (SSSR count). The molecule has 2 N–H and O–H groups in total. The van der Waals surface area contributed by atoms with Gasteiger partial charge in [-0.1, -0.05) is 25.7 Å². The molecule has 1 heterocycles. The van der Waals surface area contributed by atoms with E-state index in [0.717, 1.165) is 38.3 Å². The van der Waals surface area contributed by atoms with Gasteiger partial charge in [0.15, 0.2) is 0 Å². The molecule has 4 nitrogen and oxygen atoms in total. The fraction of sp³-hybridized carbons (Fsp3) is 0.938. The van der Waals surface area contributed by atoms with Crippen LogP contribution in [0.3, 0.4) is 0 Å². The molecule has 4 heteroatoms. The first-order valence-corrected chi connectivity index (χ1v) is 8.42. The maximum atomic E-state index is 11.8. The average molecular weight is 282 g/mol. The third-order valence-corrected chi connectivity index (χ3v) is 4.52. The van der Waals surface area contributed by atoms with Gasteiger partial charge in [0.1, 0.15) is 6.61 Å². The lowest BCUT2D eigenvalue weighted by Crippen LogP contribution is -2.37. The van der Waals surface area contributed by atoms with Crippen LogP contribution in [0.1, 0.15) is 57.8 Å². The molecule has 0 aromatic carbocycles. The molecule has 1 aliphatic carbocycles. The van der Waals surface area contributed by atoms with E-state index < -0.39 is 0 Å². The van der Waals surface area contributed by atoms with Gasteiger partial charge in [0.25, 0.3) is 0 Å². The van der Waals surface area contributed by atoms with E-state index in [-0.39, 0.29) is 12.5 Å². The molecule has 1 saturated carbocycles. The molecule has 2 fully saturated rings. The molecule has 1 atom stereocenters. The summed E-state index contributed by atoms with van der Waals surface area (Å²) in [6.45, 7) is 3.21. The second kappa shape index (κ2) is 9.35. The lowest BCUT2D eigenvalue weighted by molar-refractivity contribution is -0.126. The number of carbonyl (C=O) groups is 1. The lowest BCUT2D eigenvalue weighted by Gasteiger charge is -2.22. The average Bonchev–Trinajstić information content (AvgIpc) is 2.73. The lowest BCUT2D eigenvalue weighted by atomic mass is 9.97. The first kappa shape index (κ1) is 15.8. The smallest absolute Gasteiger partial charge is 0.246 e. The Bertz CT molecular complexity index is 270. The summed E-state index contributed by atoms with van der Waals surface area (Å²) in [6.07, 6.45) is 11.1. The van der Waals surface area contributed by atoms with Crippen molar-refractivity contribution in [2.24, 2.45) is 5.92 Å². The van der Waals surface area contributed by atoms with Gasteiger partial charge >= 0.3 is 0 Å². The Labute approximate surface area is 123 Å². The van der Waals surface area contributed by atoms with Crippen LogP contribution in [0.15, 0.2) is 0 Å². The van der Waals surface area contributed by atoms with Gasteiger partial charge in [-0.05, 0) is 51.1 Å². The molecule has 1 saturated heterocycles. The number of nitrogens with one attached hydrogen (secondary N) is 2. The van der Waals surface area contributed by atoms with Crippen molar-refractivity contribution >= 4 is 5.91 Å². The van der Waals surface area contributed by atoms with Gasteiger partial charge in [-0.2, -0.15) is 0 Å². The Morgan fingerprint density at radius 2 is 1.90 bits per heavy atom. The van der Waals surface area contributed by atoms with Gasteiger partial charge in [-0.15, -0.1) is 0 Å². The topological polar surface area (TPSA) is 50.4 Å². The normalized spacial score (nSPS) is 25.1. The first-order chi connectivity index (χ1) is 9.84. The highest BCUT2D eigenvalue weighted by Crippen LogP contribution is 2.17. The molecule has 2 aliphatic rings. The summed E-state index contributed by atoms with van der Waals surface area (Å²) >= 11 is 0. The fourth-order valence-corrected chi connectivity index (χ4v) is 3.28. The Morgan fingerprint density at radius 3 is 2.60 bits per heavy atom. The van der Waals surface area contributed by atoms with Crippen LogP contribution in [-0.4, -0.2) is 38.3 Å². The number of amides is 1. The van der Waals surface area contributed by atoms with Crippen LogP contribution >= 0.6 is 0 Å². The molecule has 1 amide bonds. The molecule has 0 bridgehead atoms. The van der Waals surface area contributed by atoms with E-state index in [4.69, 9.17) is 4.74 Å². The minimum Gasteiger partial charge on any atom is -0.372 e. The molecule has 1 aliphatic heterocycles. The summed E-state index contributed by atoms with van der Waals surface area (Å²) in [4.78, 5) is 11.8. The Morgan fingerprint density at radius 1 is 1.10 bits per heavy atom. The molecule has 0 aromatic rings. The van der Waals surface area contributed by atoms with Crippen molar-refractivity contribution in [3.63, 3.8) is 0 Å². The summed E-state index contributed by atoms with van der Waals surface area (Å²) < 4.78 is 5.53. The van der Waals surface area contributed by atoms with E-state index in [2.05, 4.69) is 10.6 Å². The summed E-state index contributed by atoms with van der Waals surface area (Å²) in [5, 5.41) is 6.53. The Balaban J connectivity index is 1.50. The van der Waals surface area contributed by atoms with Crippen LogP contribution in [0.2, 0.25) is 0 Å². The second-order valence-corrected chi connectivity index (χ2v) is 6.31. The summed E-state index contributed by atoms with van der Waals surface area (Å²) in [5.74, 6) is 0.798. The molecular formula is C16H30N2O2. The van der Waals surface area contributed by atoms with E-state index in [1.165, 1.54) is 38.5 Å². The fourth-order valence-electron chi connectivity index (χ4n) is 3.28. The van der Waals surface area contributed by atoms with Crippen LogP contribution < -0.4 is 10.6 Å². The van der Waals surface area contributed by atoms with Crippen LogP contribution in [0.4, 0.5) is 0 Å². The van der Waals surface area contributed by atoms with E-state index >= 15 is 0 Å². The predicted molar refractivity (Wildman–Crippen MR) is 80.7 cm³/mol. The molecule has 0 radical (unpaired) electrons. The van der Waals surface area contributed by atoms with Crippen molar-refractivity contribution in [2.45, 2.75) is 63.8 Å². The molecule has 20 heavy (non-hydrogen) atoms. The maximum absolute atomic E-state index is 11.8. The molecule has 0 aromatic heterocycles. The number of ether oxygens (including phenoxy) is 1. The van der Waals surface area contributed by atoms with Gasteiger partial charge in [-0.3, -0.25) is 4.79 Å². The molecule has 0 spiro atoms. The van der Waals surface area contributed by atoms with Gasteiger partial charge in [-0.25, -0.2) is 0 Å². The van der Waals surface area contributed by atoms with Gasteiger partial charge in [0.2, 0.25) is 5.91 Å². The van der Waals surface area contributed by atoms with Crippen molar-refractivity contribution in [1.82, 2.24) is 10.6 Å². The van der Waals surface area contributed by atoms with Crippen LogP contribution in [0, 0.1) is 5.92 Å². The highest BCUT2D eigenvalue weighted by molar-refractivity contribution is 5.77. The summed E-state index contributed by atoms with van der Waals surface area (Å²) in [7, 11) is 0. The molecule has 116 valence electrons. The highest BCUT2D eigenvalue weighted by Gasteiger charge is 2.15. The Kier molecular flexibility index (Phi) is 7.37. The van der Waals surface area contributed by atoms with Crippen LogP contribution in [0.25, 0.3) is 0 Å². The van der Waals surface area contributed by atoms with Gasteiger partial charge in [0, 0.05) is 12.6 Å². The van der Waals surface area contributed by atoms with Crippen molar-refractivity contribution in [3.8, 4) is 0 Å². The van der Waals surface area contributed by atoms with Gasteiger partial charge in [0.05, 0.1) is 0 Å². The molecular weight excluding hydrogens is 252 g/mol. The zero-order valence-electron chi connectivity index (χ0n) is 12.7. The minimum absolute atomic E-state index is 0.0682. The van der Waals surface area contributed by atoms with Crippen molar-refractivity contribution in [3.05, 3.63) is 0 Å². The zero-order chi connectivity index (χ0) is 14.0. The molecule has 1 unspecified atom stereocenters. The van der Waals surface area contributed by atoms with Gasteiger partial charge < -0.3 is 15.4 Å². The maximum Gasteiger partial charge on any atom is 0.246 e. The minimum atomic E-state index is 0.0682.